The van der Waals surface area contributed by atoms with Gasteiger partial charge in [0.15, 0.2) is 0 Å². The first-order valence-electron chi connectivity index (χ1n) is 8.02. The van der Waals surface area contributed by atoms with Crippen molar-refractivity contribution < 1.29 is 14.1 Å². The molecule has 2 amide bonds. The summed E-state index contributed by atoms with van der Waals surface area (Å²) in [5.74, 6) is 0.0844. The number of nitrogens with one attached hydrogen (secondary N) is 3. The van der Waals surface area contributed by atoms with E-state index in [1.165, 1.54) is 11.8 Å². The summed E-state index contributed by atoms with van der Waals surface area (Å²) in [6.07, 6.45) is 3.23. The SMILES string of the molecule is O=C(CSCC(=O)Nc1cccc(Br)c1)NNc1nc(-c2ccncc2)no1. The lowest BCUT2D eigenvalue weighted by atomic mass is 10.3. The number of carbonyl (C=O) groups excluding carboxylic acids is 2. The molecule has 3 N–H and O–H groups in total. The number of hydrazine groups is 1. The number of nitrogens with zero attached hydrogens (tertiary/aromatic N) is 3. The maximum Gasteiger partial charge on any atom is 0.340 e. The van der Waals surface area contributed by atoms with Gasteiger partial charge in [-0.3, -0.25) is 20.0 Å². The summed E-state index contributed by atoms with van der Waals surface area (Å²) in [6.45, 7) is 0. The highest BCUT2D eigenvalue weighted by molar-refractivity contribution is 9.10. The summed E-state index contributed by atoms with van der Waals surface area (Å²) in [5, 5.41) is 6.56. The maximum atomic E-state index is 11.9. The Morgan fingerprint density at radius 1 is 1.11 bits per heavy atom. The van der Waals surface area contributed by atoms with Crippen molar-refractivity contribution in [2.45, 2.75) is 0 Å². The van der Waals surface area contributed by atoms with Crippen LogP contribution in [0.15, 0.2) is 57.8 Å². The average molecular weight is 463 g/mol. The molecule has 0 radical (unpaired) electrons. The van der Waals surface area contributed by atoms with Crippen molar-refractivity contribution >= 4 is 51.2 Å². The van der Waals surface area contributed by atoms with E-state index in [4.69, 9.17) is 4.52 Å². The molecule has 3 aromatic rings. The van der Waals surface area contributed by atoms with E-state index in [9.17, 15) is 9.59 Å². The lowest BCUT2D eigenvalue weighted by Crippen LogP contribution is -2.31. The Labute approximate surface area is 172 Å². The topological polar surface area (TPSA) is 122 Å². The van der Waals surface area contributed by atoms with Crippen LogP contribution in [0.25, 0.3) is 11.4 Å². The van der Waals surface area contributed by atoms with Crippen LogP contribution in [-0.4, -0.2) is 38.4 Å². The summed E-state index contributed by atoms with van der Waals surface area (Å²) < 4.78 is 5.88. The monoisotopic (exact) mass is 462 g/mol. The van der Waals surface area contributed by atoms with Gasteiger partial charge in [0.05, 0.1) is 11.5 Å². The number of halogens is 1. The van der Waals surface area contributed by atoms with Crippen molar-refractivity contribution in [3.05, 3.63) is 53.3 Å². The van der Waals surface area contributed by atoms with Crippen LogP contribution < -0.4 is 16.2 Å². The number of thioether (sulfide) groups is 1. The third kappa shape index (κ3) is 6.06. The van der Waals surface area contributed by atoms with Crippen molar-refractivity contribution in [1.29, 1.82) is 0 Å². The molecule has 9 nitrogen and oxygen atoms in total. The number of hydrogen-bond acceptors (Lipinski definition) is 8. The molecular formula is C17H15BrN6O3S. The van der Waals surface area contributed by atoms with Crippen molar-refractivity contribution in [3.63, 3.8) is 0 Å². The maximum absolute atomic E-state index is 11.9. The van der Waals surface area contributed by atoms with Gasteiger partial charge in [-0.1, -0.05) is 27.2 Å². The molecule has 0 fully saturated rings. The number of pyridine rings is 1. The van der Waals surface area contributed by atoms with Crippen LogP contribution in [0.2, 0.25) is 0 Å². The minimum absolute atomic E-state index is 0.0533. The molecule has 28 heavy (non-hydrogen) atoms. The summed E-state index contributed by atoms with van der Waals surface area (Å²) in [6, 6.07) is 10.8. The van der Waals surface area contributed by atoms with E-state index < -0.39 is 0 Å². The van der Waals surface area contributed by atoms with Crippen molar-refractivity contribution in [2.75, 3.05) is 22.2 Å². The summed E-state index contributed by atoms with van der Waals surface area (Å²) in [4.78, 5) is 31.8. The molecule has 0 aliphatic rings. The van der Waals surface area contributed by atoms with Crippen LogP contribution in [0.4, 0.5) is 11.7 Å². The molecule has 11 heteroatoms. The van der Waals surface area contributed by atoms with Gasteiger partial charge in [0, 0.05) is 28.1 Å². The van der Waals surface area contributed by atoms with E-state index in [0.29, 0.717) is 11.5 Å². The van der Waals surface area contributed by atoms with E-state index in [2.05, 4.69) is 47.2 Å². The molecule has 0 bridgehead atoms. The first-order chi connectivity index (χ1) is 13.6. The van der Waals surface area contributed by atoms with Crippen LogP contribution in [0, 0.1) is 0 Å². The quantitative estimate of drug-likeness (QED) is 0.436. The zero-order valence-electron chi connectivity index (χ0n) is 14.4. The second-order valence-electron chi connectivity index (χ2n) is 5.38. The lowest BCUT2D eigenvalue weighted by Gasteiger charge is -2.06. The first-order valence-corrected chi connectivity index (χ1v) is 9.97. The lowest BCUT2D eigenvalue weighted by molar-refractivity contribution is -0.118. The Balaban J connectivity index is 1.37. The van der Waals surface area contributed by atoms with E-state index in [0.717, 1.165) is 10.0 Å². The first kappa shape index (κ1) is 19.8. The Bertz CT molecular complexity index is 953. The average Bonchev–Trinajstić information content (AvgIpc) is 3.16. The van der Waals surface area contributed by atoms with Crippen LogP contribution in [0.1, 0.15) is 0 Å². The van der Waals surface area contributed by atoms with Crippen molar-refractivity contribution in [3.8, 4) is 11.4 Å². The van der Waals surface area contributed by atoms with Gasteiger partial charge in [0.25, 0.3) is 0 Å². The highest BCUT2D eigenvalue weighted by Crippen LogP contribution is 2.16. The van der Waals surface area contributed by atoms with Crippen LogP contribution >= 0.6 is 27.7 Å². The standard InChI is InChI=1S/C17H15BrN6O3S/c18-12-2-1-3-13(8-12)20-14(25)9-28-10-15(26)22-23-17-21-16(24-27-17)11-4-6-19-7-5-11/h1-8H,9-10H2,(H,20,25)(H,22,26)(H,21,23,24). The van der Waals surface area contributed by atoms with Gasteiger partial charge in [0.1, 0.15) is 0 Å². The molecule has 0 atom stereocenters. The van der Waals surface area contributed by atoms with Crippen molar-refractivity contribution in [2.24, 2.45) is 0 Å². The smallest absolute Gasteiger partial charge is 0.325 e. The van der Waals surface area contributed by atoms with E-state index in [1.807, 2.05) is 12.1 Å². The number of carbonyl (C=O) groups is 2. The fourth-order valence-corrected chi connectivity index (χ4v) is 3.07. The molecule has 0 aliphatic heterocycles. The van der Waals surface area contributed by atoms with Gasteiger partial charge in [-0.2, -0.15) is 4.98 Å². The minimum Gasteiger partial charge on any atom is -0.325 e. The van der Waals surface area contributed by atoms with Crippen LogP contribution in [0.5, 0.6) is 0 Å². The predicted octanol–water partition coefficient (Wildman–Crippen LogP) is 2.71. The third-order valence-electron chi connectivity index (χ3n) is 3.25. The molecule has 0 unspecified atom stereocenters. The zero-order valence-corrected chi connectivity index (χ0v) is 16.8. The van der Waals surface area contributed by atoms with Gasteiger partial charge in [0.2, 0.25) is 17.6 Å². The second-order valence-corrected chi connectivity index (χ2v) is 7.28. The molecule has 0 spiro atoms. The summed E-state index contributed by atoms with van der Waals surface area (Å²) >= 11 is 4.52. The van der Waals surface area contributed by atoms with Gasteiger partial charge in [-0.15, -0.1) is 11.8 Å². The highest BCUT2D eigenvalue weighted by atomic mass is 79.9. The molecule has 1 aromatic carbocycles. The Kier molecular flexibility index (Phi) is 6.98. The highest BCUT2D eigenvalue weighted by Gasteiger charge is 2.10. The Morgan fingerprint density at radius 3 is 2.68 bits per heavy atom. The summed E-state index contributed by atoms with van der Waals surface area (Å²) in [5.41, 5.74) is 6.41. The van der Waals surface area contributed by atoms with E-state index in [-0.39, 0.29) is 29.3 Å². The molecule has 2 aromatic heterocycles. The van der Waals surface area contributed by atoms with Gasteiger partial charge < -0.3 is 9.84 Å². The fraction of sp³-hybridized carbons (Fsp3) is 0.118. The zero-order chi connectivity index (χ0) is 19.8. The van der Waals surface area contributed by atoms with Crippen LogP contribution in [0.3, 0.4) is 0 Å². The molecule has 0 saturated carbocycles. The molecule has 0 saturated heterocycles. The normalized spacial score (nSPS) is 10.3. The number of anilines is 2. The molecule has 144 valence electrons. The number of rotatable bonds is 8. The summed E-state index contributed by atoms with van der Waals surface area (Å²) in [7, 11) is 0. The molecule has 2 heterocycles. The number of aromatic nitrogens is 3. The van der Waals surface area contributed by atoms with E-state index in [1.54, 1.807) is 36.7 Å². The predicted molar refractivity (Wildman–Crippen MR) is 109 cm³/mol. The molecule has 0 aliphatic carbocycles. The Hall–Kier alpha value is -2.92. The Morgan fingerprint density at radius 2 is 1.89 bits per heavy atom. The number of hydrogen-bond donors (Lipinski definition) is 3. The fourth-order valence-electron chi connectivity index (χ4n) is 2.05. The largest absolute Gasteiger partial charge is 0.340 e. The number of amides is 2. The minimum atomic E-state index is -0.330. The van der Waals surface area contributed by atoms with Gasteiger partial charge in [-0.05, 0) is 30.3 Å². The third-order valence-corrected chi connectivity index (χ3v) is 4.67. The van der Waals surface area contributed by atoms with E-state index >= 15 is 0 Å². The molecule has 3 rings (SSSR count). The van der Waals surface area contributed by atoms with Gasteiger partial charge in [-0.25, -0.2) is 5.43 Å². The second kappa shape index (κ2) is 9.85. The number of benzene rings is 1. The molecular weight excluding hydrogens is 448 g/mol. The van der Waals surface area contributed by atoms with Gasteiger partial charge >= 0.3 is 6.01 Å². The van der Waals surface area contributed by atoms with Crippen LogP contribution in [-0.2, 0) is 9.59 Å². The van der Waals surface area contributed by atoms with Crippen molar-refractivity contribution in [1.82, 2.24) is 20.6 Å².